The van der Waals surface area contributed by atoms with Gasteiger partial charge in [0, 0.05) is 17.7 Å². The van der Waals surface area contributed by atoms with Gasteiger partial charge in [-0.15, -0.1) is 0 Å². The van der Waals surface area contributed by atoms with Crippen LogP contribution in [0.4, 0.5) is 4.39 Å². The predicted octanol–water partition coefficient (Wildman–Crippen LogP) is 3.17. The minimum Gasteiger partial charge on any atom is -0.383 e. The molecule has 2 rings (SSSR count). The fourth-order valence-corrected chi connectivity index (χ4v) is 2.54. The van der Waals surface area contributed by atoms with Crippen LogP contribution in [0.2, 0.25) is 5.02 Å². The molecule has 0 fully saturated rings. The normalized spacial score (nSPS) is 12.7. The molecule has 0 aliphatic carbocycles. The Hall–Kier alpha value is -0.950. The van der Waals surface area contributed by atoms with Crippen LogP contribution in [0.15, 0.2) is 28.9 Å². The van der Waals surface area contributed by atoms with Gasteiger partial charge in [0.2, 0.25) is 0 Å². The Balaban J connectivity index is 2.37. The molecule has 1 atom stereocenters. The van der Waals surface area contributed by atoms with Crippen molar-refractivity contribution in [3.63, 3.8) is 0 Å². The maximum Gasteiger partial charge on any atom is 0.130 e. The number of aliphatic hydroxyl groups is 1. The van der Waals surface area contributed by atoms with Crippen molar-refractivity contribution in [3.8, 4) is 0 Å². The summed E-state index contributed by atoms with van der Waals surface area (Å²) in [6.45, 7) is 0.903. The first-order valence-corrected chi connectivity index (χ1v) is 7.05. The van der Waals surface area contributed by atoms with Gasteiger partial charge in [-0.25, -0.2) is 4.39 Å². The van der Waals surface area contributed by atoms with E-state index in [-0.39, 0.29) is 10.6 Å². The van der Waals surface area contributed by atoms with Crippen LogP contribution < -0.4 is 0 Å². The second kappa shape index (κ2) is 6.67. The van der Waals surface area contributed by atoms with Crippen LogP contribution in [0.1, 0.15) is 17.4 Å². The van der Waals surface area contributed by atoms with Crippen LogP contribution in [-0.4, -0.2) is 28.6 Å². The third-order valence-electron chi connectivity index (χ3n) is 2.86. The van der Waals surface area contributed by atoms with Gasteiger partial charge in [-0.05, 0) is 28.1 Å². The summed E-state index contributed by atoms with van der Waals surface area (Å²) in [6.07, 6.45) is 0.420. The highest BCUT2D eigenvalue weighted by Gasteiger charge is 2.22. The molecule has 0 saturated heterocycles. The molecule has 0 amide bonds. The summed E-state index contributed by atoms with van der Waals surface area (Å²) in [4.78, 5) is 0. The molecule has 4 nitrogen and oxygen atoms in total. The molecule has 20 heavy (non-hydrogen) atoms. The first-order chi connectivity index (χ1) is 9.54. The van der Waals surface area contributed by atoms with Crippen molar-refractivity contribution in [1.29, 1.82) is 0 Å². The summed E-state index contributed by atoms with van der Waals surface area (Å²) >= 11 is 9.03. The predicted molar refractivity (Wildman–Crippen MR) is 77.3 cm³/mol. The molecule has 108 valence electrons. The van der Waals surface area contributed by atoms with Crippen molar-refractivity contribution >= 4 is 27.5 Å². The Morgan fingerprint density at radius 1 is 1.55 bits per heavy atom. The second-order valence-electron chi connectivity index (χ2n) is 4.16. The van der Waals surface area contributed by atoms with Gasteiger partial charge in [0.15, 0.2) is 0 Å². The number of hydrogen-bond acceptors (Lipinski definition) is 3. The summed E-state index contributed by atoms with van der Waals surface area (Å²) in [5, 5.41) is 14.8. The molecule has 0 aliphatic heterocycles. The van der Waals surface area contributed by atoms with Crippen LogP contribution in [0.3, 0.4) is 0 Å². The largest absolute Gasteiger partial charge is 0.383 e. The third kappa shape index (κ3) is 3.20. The number of aliphatic hydroxyl groups excluding tert-OH is 1. The van der Waals surface area contributed by atoms with Crippen molar-refractivity contribution in [1.82, 2.24) is 9.78 Å². The number of benzene rings is 1. The lowest BCUT2D eigenvalue weighted by Crippen LogP contribution is -2.14. The van der Waals surface area contributed by atoms with Gasteiger partial charge < -0.3 is 9.84 Å². The second-order valence-corrected chi connectivity index (χ2v) is 5.45. The van der Waals surface area contributed by atoms with E-state index in [4.69, 9.17) is 16.3 Å². The third-order valence-corrected chi connectivity index (χ3v) is 3.70. The summed E-state index contributed by atoms with van der Waals surface area (Å²) in [7, 11) is 1.58. The lowest BCUT2D eigenvalue weighted by Gasteiger charge is -2.15. The van der Waals surface area contributed by atoms with Gasteiger partial charge in [0.1, 0.15) is 11.9 Å². The van der Waals surface area contributed by atoms with Crippen molar-refractivity contribution in [2.24, 2.45) is 0 Å². The molecule has 1 aromatic heterocycles. The van der Waals surface area contributed by atoms with Gasteiger partial charge >= 0.3 is 0 Å². The maximum atomic E-state index is 13.9. The van der Waals surface area contributed by atoms with E-state index in [0.717, 1.165) is 0 Å². The van der Waals surface area contributed by atoms with E-state index in [1.807, 2.05) is 0 Å². The Morgan fingerprint density at radius 3 is 2.95 bits per heavy atom. The van der Waals surface area contributed by atoms with Crippen LogP contribution >= 0.6 is 27.5 Å². The van der Waals surface area contributed by atoms with E-state index in [1.165, 1.54) is 18.2 Å². The number of nitrogens with zero attached hydrogens (tertiary/aromatic N) is 2. The van der Waals surface area contributed by atoms with Crippen LogP contribution in [0, 0.1) is 5.82 Å². The summed E-state index contributed by atoms with van der Waals surface area (Å²) in [5.41, 5.74) is 0.623. The molecule has 1 aromatic carbocycles. The van der Waals surface area contributed by atoms with Crippen LogP contribution in [0.25, 0.3) is 0 Å². The van der Waals surface area contributed by atoms with Crippen molar-refractivity contribution < 1.29 is 14.2 Å². The standard InChI is InChI=1S/C13H13BrClFN2O2/c1-20-5-4-18-12(10(14)7-17-18)13(19)9-3-2-8(15)6-11(9)16/h2-3,6-7,13,19H,4-5H2,1H3. The molecular weight excluding hydrogens is 351 g/mol. The Morgan fingerprint density at radius 2 is 2.30 bits per heavy atom. The molecule has 1 unspecified atom stereocenters. The number of rotatable bonds is 5. The van der Waals surface area contributed by atoms with E-state index in [0.29, 0.717) is 23.3 Å². The minimum absolute atomic E-state index is 0.147. The number of halogens is 3. The molecule has 1 N–H and O–H groups in total. The summed E-state index contributed by atoms with van der Waals surface area (Å²) in [5.74, 6) is -0.559. The van der Waals surface area contributed by atoms with Crippen molar-refractivity contribution in [2.45, 2.75) is 12.6 Å². The van der Waals surface area contributed by atoms with E-state index >= 15 is 0 Å². The van der Waals surface area contributed by atoms with Gasteiger partial charge in [0.05, 0.1) is 29.5 Å². The number of aromatic nitrogens is 2. The van der Waals surface area contributed by atoms with E-state index in [9.17, 15) is 9.50 Å². The monoisotopic (exact) mass is 362 g/mol. The number of ether oxygens (including phenoxy) is 1. The zero-order valence-electron chi connectivity index (χ0n) is 10.7. The van der Waals surface area contributed by atoms with Crippen LogP contribution in [-0.2, 0) is 11.3 Å². The lowest BCUT2D eigenvalue weighted by atomic mass is 10.1. The van der Waals surface area contributed by atoms with Crippen molar-refractivity contribution in [2.75, 3.05) is 13.7 Å². The average Bonchev–Trinajstić information content (AvgIpc) is 2.77. The molecule has 0 radical (unpaired) electrons. The van der Waals surface area contributed by atoms with Gasteiger partial charge in [-0.3, -0.25) is 4.68 Å². The SMILES string of the molecule is COCCn1ncc(Br)c1C(O)c1ccc(Cl)cc1F. The molecular formula is C13H13BrClFN2O2. The molecule has 1 heterocycles. The Labute approximate surface area is 129 Å². The zero-order valence-corrected chi connectivity index (χ0v) is 13.0. The highest BCUT2D eigenvalue weighted by Crippen LogP contribution is 2.30. The quantitative estimate of drug-likeness (QED) is 0.887. The van der Waals surface area contributed by atoms with E-state index in [1.54, 1.807) is 18.0 Å². The molecule has 0 bridgehead atoms. The average molecular weight is 364 g/mol. The smallest absolute Gasteiger partial charge is 0.130 e. The van der Waals surface area contributed by atoms with Gasteiger partial charge in [0.25, 0.3) is 0 Å². The number of methoxy groups -OCH3 is 1. The lowest BCUT2D eigenvalue weighted by molar-refractivity contribution is 0.170. The van der Waals surface area contributed by atoms with Crippen molar-refractivity contribution in [3.05, 3.63) is 51.0 Å². The molecule has 2 aromatic rings. The van der Waals surface area contributed by atoms with E-state index < -0.39 is 11.9 Å². The van der Waals surface area contributed by atoms with Gasteiger partial charge in [-0.2, -0.15) is 5.10 Å². The Bertz CT molecular complexity index is 606. The summed E-state index contributed by atoms with van der Waals surface area (Å²) in [6, 6.07) is 4.17. The first-order valence-electron chi connectivity index (χ1n) is 5.87. The highest BCUT2D eigenvalue weighted by atomic mass is 79.9. The Kier molecular flexibility index (Phi) is 5.15. The zero-order chi connectivity index (χ0) is 14.7. The molecule has 7 heteroatoms. The van der Waals surface area contributed by atoms with E-state index in [2.05, 4.69) is 21.0 Å². The molecule has 0 saturated carbocycles. The summed E-state index contributed by atoms with van der Waals surface area (Å²) < 4.78 is 21.1. The number of hydrogen-bond donors (Lipinski definition) is 1. The topological polar surface area (TPSA) is 47.3 Å². The van der Waals surface area contributed by atoms with Crippen LogP contribution in [0.5, 0.6) is 0 Å². The van der Waals surface area contributed by atoms with Gasteiger partial charge in [-0.1, -0.05) is 17.7 Å². The minimum atomic E-state index is -1.14. The maximum absolute atomic E-state index is 13.9. The molecule has 0 aliphatic rings. The first kappa shape index (κ1) is 15.4. The fraction of sp³-hybridized carbons (Fsp3) is 0.308. The molecule has 0 spiro atoms. The fourth-order valence-electron chi connectivity index (χ4n) is 1.87. The highest BCUT2D eigenvalue weighted by molar-refractivity contribution is 9.10.